The van der Waals surface area contributed by atoms with Gasteiger partial charge in [-0.2, -0.15) is 0 Å². The Hall–Kier alpha value is -1.35. The Balaban J connectivity index is 2.67. The molecule has 2 unspecified atom stereocenters. The first-order valence-electron chi connectivity index (χ1n) is 8.20. The van der Waals surface area contributed by atoms with E-state index < -0.39 is 0 Å². The van der Waals surface area contributed by atoms with Crippen molar-refractivity contribution in [2.24, 2.45) is 0 Å². The summed E-state index contributed by atoms with van der Waals surface area (Å²) in [6.45, 7) is 8.21. The van der Waals surface area contributed by atoms with Crippen LogP contribution in [0, 0.1) is 0 Å². The normalized spacial score (nSPS) is 13.7. The van der Waals surface area contributed by atoms with E-state index in [0.29, 0.717) is 12.1 Å². The Morgan fingerprint density at radius 1 is 1.19 bits per heavy atom. The zero-order valence-corrected chi connectivity index (χ0v) is 13.9. The first kappa shape index (κ1) is 17.7. The van der Waals surface area contributed by atoms with E-state index in [9.17, 15) is 4.79 Å². The number of benzene rings is 1. The molecule has 0 aliphatic carbocycles. The summed E-state index contributed by atoms with van der Waals surface area (Å²) in [7, 11) is 0. The van der Waals surface area contributed by atoms with Crippen molar-refractivity contribution < 1.29 is 4.79 Å². The van der Waals surface area contributed by atoms with Crippen molar-refractivity contribution in [2.45, 2.75) is 71.9 Å². The van der Waals surface area contributed by atoms with E-state index in [4.69, 9.17) is 0 Å². The fraction of sp³-hybridized carbons (Fsp3) is 0.611. The number of unbranched alkanes of at least 4 members (excludes halogenated alkanes) is 1. The second-order valence-corrected chi connectivity index (χ2v) is 5.82. The number of amides is 1. The largest absolute Gasteiger partial charge is 0.326 e. The van der Waals surface area contributed by atoms with Crippen LogP contribution in [0.5, 0.6) is 0 Å². The highest BCUT2D eigenvalue weighted by Crippen LogP contribution is 2.20. The Morgan fingerprint density at radius 3 is 2.57 bits per heavy atom. The van der Waals surface area contributed by atoms with Crippen molar-refractivity contribution in [2.75, 3.05) is 5.32 Å². The van der Waals surface area contributed by atoms with Crippen molar-refractivity contribution >= 4 is 11.6 Å². The van der Waals surface area contributed by atoms with Gasteiger partial charge in [0.2, 0.25) is 5.91 Å². The summed E-state index contributed by atoms with van der Waals surface area (Å²) < 4.78 is 0. The fourth-order valence-corrected chi connectivity index (χ4v) is 2.65. The highest BCUT2D eigenvalue weighted by molar-refractivity contribution is 5.88. The molecule has 3 heteroatoms. The van der Waals surface area contributed by atoms with E-state index >= 15 is 0 Å². The van der Waals surface area contributed by atoms with E-state index in [1.165, 1.54) is 44.6 Å². The lowest BCUT2D eigenvalue weighted by Crippen LogP contribution is -2.31. The lowest BCUT2D eigenvalue weighted by molar-refractivity contribution is -0.114. The van der Waals surface area contributed by atoms with Crippen molar-refractivity contribution in [1.82, 2.24) is 5.32 Å². The molecular weight excluding hydrogens is 260 g/mol. The molecule has 21 heavy (non-hydrogen) atoms. The summed E-state index contributed by atoms with van der Waals surface area (Å²) in [5.41, 5.74) is 2.09. The first-order chi connectivity index (χ1) is 10.1. The van der Waals surface area contributed by atoms with Gasteiger partial charge >= 0.3 is 0 Å². The number of hydrogen-bond donors (Lipinski definition) is 2. The minimum absolute atomic E-state index is 0.0282. The average Bonchev–Trinajstić information content (AvgIpc) is 2.44. The maximum atomic E-state index is 11.1. The predicted octanol–water partition coefficient (Wildman–Crippen LogP) is 4.65. The van der Waals surface area contributed by atoms with Gasteiger partial charge in [0.25, 0.3) is 0 Å². The molecule has 1 aromatic carbocycles. The molecule has 0 saturated heterocycles. The summed E-state index contributed by atoms with van der Waals surface area (Å²) in [5, 5.41) is 6.58. The summed E-state index contributed by atoms with van der Waals surface area (Å²) in [5.74, 6) is -0.0282. The van der Waals surface area contributed by atoms with Crippen LogP contribution in [0.15, 0.2) is 24.3 Å². The Labute approximate surface area is 129 Å². The number of anilines is 1. The second kappa shape index (κ2) is 9.56. The molecule has 0 spiro atoms. The molecule has 1 amide bonds. The van der Waals surface area contributed by atoms with Crippen molar-refractivity contribution in [3.05, 3.63) is 29.8 Å². The van der Waals surface area contributed by atoms with Crippen LogP contribution < -0.4 is 10.6 Å². The van der Waals surface area contributed by atoms with Gasteiger partial charge in [-0.3, -0.25) is 4.79 Å². The van der Waals surface area contributed by atoms with Gasteiger partial charge in [0.15, 0.2) is 0 Å². The summed E-state index contributed by atoms with van der Waals surface area (Å²) in [6, 6.07) is 8.98. The number of nitrogens with one attached hydrogen (secondary N) is 2. The number of hydrogen-bond acceptors (Lipinski definition) is 2. The van der Waals surface area contributed by atoms with Gasteiger partial charge < -0.3 is 10.6 Å². The molecule has 0 aliphatic heterocycles. The average molecular weight is 290 g/mol. The Bertz CT molecular complexity index is 431. The van der Waals surface area contributed by atoms with E-state index in [2.05, 4.69) is 43.5 Å². The highest BCUT2D eigenvalue weighted by atomic mass is 16.1. The molecule has 1 rings (SSSR count). The van der Waals surface area contributed by atoms with E-state index in [-0.39, 0.29) is 5.91 Å². The van der Waals surface area contributed by atoms with Crippen LogP contribution in [0.1, 0.15) is 71.4 Å². The highest BCUT2D eigenvalue weighted by Gasteiger charge is 2.13. The SMILES string of the molecule is CCCCC(CCC)NC(C)c1cccc(NC(C)=O)c1. The minimum atomic E-state index is -0.0282. The van der Waals surface area contributed by atoms with Gasteiger partial charge in [0.1, 0.15) is 0 Å². The maximum Gasteiger partial charge on any atom is 0.221 e. The molecule has 2 N–H and O–H groups in total. The van der Waals surface area contributed by atoms with Gasteiger partial charge in [-0.15, -0.1) is 0 Å². The quantitative estimate of drug-likeness (QED) is 0.695. The first-order valence-corrected chi connectivity index (χ1v) is 8.20. The molecule has 0 radical (unpaired) electrons. The fourth-order valence-electron chi connectivity index (χ4n) is 2.65. The third-order valence-corrected chi connectivity index (χ3v) is 3.74. The maximum absolute atomic E-state index is 11.1. The molecule has 0 bridgehead atoms. The van der Waals surface area contributed by atoms with Crippen LogP contribution in [-0.2, 0) is 4.79 Å². The van der Waals surface area contributed by atoms with Crippen molar-refractivity contribution in [3.8, 4) is 0 Å². The van der Waals surface area contributed by atoms with E-state index in [1.54, 1.807) is 0 Å². The second-order valence-electron chi connectivity index (χ2n) is 5.82. The molecule has 3 nitrogen and oxygen atoms in total. The number of rotatable bonds is 9. The molecule has 0 saturated carbocycles. The van der Waals surface area contributed by atoms with Crippen LogP contribution in [0.4, 0.5) is 5.69 Å². The zero-order valence-electron chi connectivity index (χ0n) is 13.9. The lowest BCUT2D eigenvalue weighted by Gasteiger charge is -2.23. The molecule has 2 atom stereocenters. The van der Waals surface area contributed by atoms with Gasteiger partial charge in [-0.05, 0) is 37.5 Å². The molecule has 0 aliphatic rings. The van der Waals surface area contributed by atoms with Crippen LogP contribution in [-0.4, -0.2) is 11.9 Å². The molecule has 0 aromatic heterocycles. The molecular formula is C18H30N2O. The predicted molar refractivity (Wildman–Crippen MR) is 90.5 cm³/mol. The van der Waals surface area contributed by atoms with Gasteiger partial charge in [-0.25, -0.2) is 0 Å². The van der Waals surface area contributed by atoms with E-state index in [0.717, 1.165) is 5.69 Å². The summed E-state index contributed by atoms with van der Waals surface area (Å²) in [6.07, 6.45) is 6.18. The van der Waals surface area contributed by atoms with Gasteiger partial charge in [0.05, 0.1) is 0 Å². The van der Waals surface area contributed by atoms with Gasteiger partial charge in [0, 0.05) is 24.7 Å². The summed E-state index contributed by atoms with van der Waals surface area (Å²) >= 11 is 0. The molecule has 0 fully saturated rings. The van der Waals surface area contributed by atoms with Crippen LogP contribution in [0.25, 0.3) is 0 Å². The zero-order chi connectivity index (χ0) is 15.7. The van der Waals surface area contributed by atoms with Crippen LogP contribution in [0.3, 0.4) is 0 Å². The van der Waals surface area contributed by atoms with Crippen LogP contribution >= 0.6 is 0 Å². The monoisotopic (exact) mass is 290 g/mol. The summed E-state index contributed by atoms with van der Waals surface area (Å²) in [4.78, 5) is 11.1. The Morgan fingerprint density at radius 2 is 1.95 bits per heavy atom. The minimum Gasteiger partial charge on any atom is -0.326 e. The molecule has 1 aromatic rings. The van der Waals surface area contributed by atoms with Crippen molar-refractivity contribution in [1.29, 1.82) is 0 Å². The third kappa shape index (κ3) is 6.76. The van der Waals surface area contributed by atoms with Crippen molar-refractivity contribution in [3.63, 3.8) is 0 Å². The Kier molecular flexibility index (Phi) is 8.06. The van der Waals surface area contributed by atoms with Gasteiger partial charge in [-0.1, -0.05) is 45.2 Å². The van der Waals surface area contributed by atoms with E-state index in [1.807, 2.05) is 12.1 Å². The lowest BCUT2D eigenvalue weighted by atomic mass is 10.0. The number of carbonyl (C=O) groups is 1. The smallest absolute Gasteiger partial charge is 0.221 e. The molecule has 118 valence electrons. The van der Waals surface area contributed by atoms with Crippen LogP contribution in [0.2, 0.25) is 0 Å². The topological polar surface area (TPSA) is 41.1 Å². The molecule has 0 heterocycles. The standard InChI is InChI=1S/C18H30N2O/c1-5-7-11-17(9-6-2)19-14(3)16-10-8-12-18(13-16)20-15(4)21/h8,10,12-14,17,19H,5-7,9,11H2,1-4H3,(H,20,21). The number of carbonyl (C=O) groups excluding carboxylic acids is 1. The third-order valence-electron chi connectivity index (χ3n) is 3.74.